The number of aliphatic hydroxyl groups is 1. The molecule has 1 aromatic rings. The molecule has 3 rings (SSSR count). The number of amides is 2. The van der Waals surface area contributed by atoms with Crippen molar-refractivity contribution in [3.63, 3.8) is 0 Å². The largest absolute Gasteiger partial charge is 0.394 e. The molecule has 2 amide bonds. The number of benzene rings is 1. The zero-order chi connectivity index (χ0) is 16.1. The Labute approximate surface area is 138 Å². The summed E-state index contributed by atoms with van der Waals surface area (Å²) in [5, 5.41) is 15.6. The molecular weight excluding hydrogens is 290 g/mol. The second-order valence-corrected chi connectivity index (χ2v) is 6.68. The SMILES string of the molecule is O=C(NC(CO)Cc1ccccc1)NC1CCN2CCCCC12. The van der Waals surface area contributed by atoms with Crippen LogP contribution in [-0.4, -0.2) is 53.9 Å². The fourth-order valence-corrected chi connectivity index (χ4v) is 3.87. The fourth-order valence-electron chi connectivity index (χ4n) is 3.87. The first-order chi connectivity index (χ1) is 11.3. The van der Waals surface area contributed by atoms with Crippen molar-refractivity contribution >= 4 is 6.03 Å². The Morgan fingerprint density at radius 3 is 2.83 bits per heavy atom. The zero-order valence-corrected chi connectivity index (χ0v) is 13.6. The van der Waals surface area contributed by atoms with E-state index in [9.17, 15) is 9.90 Å². The topological polar surface area (TPSA) is 64.6 Å². The Morgan fingerprint density at radius 2 is 2.04 bits per heavy atom. The van der Waals surface area contributed by atoms with Gasteiger partial charge in [0, 0.05) is 18.6 Å². The highest BCUT2D eigenvalue weighted by Crippen LogP contribution is 2.27. The number of nitrogens with zero attached hydrogens (tertiary/aromatic N) is 1. The first-order valence-corrected chi connectivity index (χ1v) is 8.72. The second-order valence-electron chi connectivity index (χ2n) is 6.68. The van der Waals surface area contributed by atoms with Gasteiger partial charge in [0.2, 0.25) is 0 Å². The van der Waals surface area contributed by atoms with Crippen molar-refractivity contribution in [2.75, 3.05) is 19.7 Å². The maximum absolute atomic E-state index is 12.3. The molecule has 0 aliphatic carbocycles. The fraction of sp³-hybridized carbons (Fsp3) is 0.611. The van der Waals surface area contributed by atoms with Gasteiger partial charge < -0.3 is 15.7 Å². The summed E-state index contributed by atoms with van der Waals surface area (Å²) in [6.07, 6.45) is 5.39. The molecule has 3 atom stereocenters. The smallest absolute Gasteiger partial charge is 0.315 e. The molecule has 3 unspecified atom stereocenters. The molecule has 2 aliphatic rings. The molecule has 0 bridgehead atoms. The summed E-state index contributed by atoms with van der Waals surface area (Å²) >= 11 is 0. The van der Waals surface area contributed by atoms with E-state index in [2.05, 4.69) is 15.5 Å². The number of piperidine rings is 1. The van der Waals surface area contributed by atoms with Crippen molar-refractivity contribution in [1.82, 2.24) is 15.5 Å². The van der Waals surface area contributed by atoms with Crippen LogP contribution < -0.4 is 10.6 Å². The highest BCUT2D eigenvalue weighted by molar-refractivity contribution is 5.74. The Hall–Kier alpha value is -1.59. The molecule has 5 nitrogen and oxygen atoms in total. The van der Waals surface area contributed by atoms with E-state index < -0.39 is 0 Å². The molecule has 23 heavy (non-hydrogen) atoms. The predicted octanol–water partition coefficient (Wildman–Crippen LogP) is 1.52. The average molecular weight is 317 g/mol. The number of hydrogen-bond donors (Lipinski definition) is 3. The lowest BCUT2D eigenvalue weighted by Crippen LogP contribution is -2.52. The van der Waals surface area contributed by atoms with E-state index in [1.54, 1.807) is 0 Å². The monoisotopic (exact) mass is 317 g/mol. The summed E-state index contributed by atoms with van der Waals surface area (Å²) in [6, 6.07) is 10.3. The van der Waals surface area contributed by atoms with Gasteiger partial charge in [0.25, 0.3) is 0 Å². The summed E-state index contributed by atoms with van der Waals surface area (Å²) in [7, 11) is 0. The lowest BCUT2D eigenvalue weighted by atomic mass is 9.99. The van der Waals surface area contributed by atoms with Gasteiger partial charge in [-0.25, -0.2) is 4.79 Å². The van der Waals surface area contributed by atoms with E-state index >= 15 is 0 Å². The van der Waals surface area contributed by atoms with Gasteiger partial charge in [0.15, 0.2) is 0 Å². The van der Waals surface area contributed by atoms with Crippen LogP contribution in [0.2, 0.25) is 0 Å². The highest BCUT2D eigenvalue weighted by Gasteiger charge is 2.36. The van der Waals surface area contributed by atoms with Crippen LogP contribution >= 0.6 is 0 Å². The van der Waals surface area contributed by atoms with Gasteiger partial charge >= 0.3 is 6.03 Å². The lowest BCUT2D eigenvalue weighted by Gasteiger charge is -2.32. The van der Waals surface area contributed by atoms with E-state index in [0.29, 0.717) is 12.5 Å². The van der Waals surface area contributed by atoms with Crippen molar-refractivity contribution in [3.8, 4) is 0 Å². The predicted molar refractivity (Wildman–Crippen MR) is 90.3 cm³/mol. The van der Waals surface area contributed by atoms with Gasteiger partial charge in [-0.05, 0) is 37.8 Å². The Kier molecular flexibility index (Phi) is 5.51. The molecule has 2 fully saturated rings. The van der Waals surface area contributed by atoms with Crippen LogP contribution in [0.15, 0.2) is 30.3 Å². The minimum atomic E-state index is -0.249. The Morgan fingerprint density at radius 1 is 1.22 bits per heavy atom. The number of aliphatic hydroxyl groups excluding tert-OH is 1. The third-order valence-electron chi connectivity index (χ3n) is 5.05. The van der Waals surface area contributed by atoms with Crippen molar-refractivity contribution < 1.29 is 9.90 Å². The summed E-state index contributed by atoms with van der Waals surface area (Å²) in [4.78, 5) is 14.8. The first-order valence-electron chi connectivity index (χ1n) is 8.72. The molecule has 0 spiro atoms. The van der Waals surface area contributed by atoms with Crippen LogP contribution in [-0.2, 0) is 6.42 Å². The third kappa shape index (κ3) is 4.24. The molecule has 1 aromatic carbocycles. The number of carbonyl (C=O) groups is 1. The second kappa shape index (κ2) is 7.79. The van der Waals surface area contributed by atoms with Crippen molar-refractivity contribution in [2.45, 2.75) is 50.2 Å². The van der Waals surface area contributed by atoms with Crippen LogP contribution in [0, 0.1) is 0 Å². The molecule has 0 aromatic heterocycles. The van der Waals surface area contributed by atoms with Crippen LogP contribution in [0.1, 0.15) is 31.2 Å². The maximum Gasteiger partial charge on any atom is 0.315 e. The van der Waals surface area contributed by atoms with Crippen LogP contribution in [0.3, 0.4) is 0 Å². The molecule has 2 saturated heterocycles. The number of hydrogen-bond acceptors (Lipinski definition) is 3. The van der Waals surface area contributed by atoms with Crippen molar-refractivity contribution in [1.29, 1.82) is 0 Å². The number of fused-ring (bicyclic) bond motifs is 1. The van der Waals surface area contributed by atoms with Gasteiger partial charge in [-0.2, -0.15) is 0 Å². The summed E-state index contributed by atoms with van der Waals surface area (Å²) in [6.45, 7) is 2.20. The van der Waals surface area contributed by atoms with E-state index in [1.165, 1.54) is 19.3 Å². The number of rotatable bonds is 5. The van der Waals surface area contributed by atoms with Crippen molar-refractivity contribution in [3.05, 3.63) is 35.9 Å². The number of urea groups is 1. The van der Waals surface area contributed by atoms with Crippen LogP contribution in [0.4, 0.5) is 4.79 Å². The molecule has 5 heteroatoms. The van der Waals surface area contributed by atoms with Gasteiger partial charge in [0.1, 0.15) is 0 Å². The van der Waals surface area contributed by atoms with E-state index in [4.69, 9.17) is 0 Å². The first kappa shape index (κ1) is 16.3. The minimum Gasteiger partial charge on any atom is -0.394 e. The van der Waals surface area contributed by atoms with E-state index in [0.717, 1.165) is 25.1 Å². The third-order valence-corrected chi connectivity index (χ3v) is 5.05. The summed E-state index contributed by atoms with van der Waals surface area (Å²) in [5.74, 6) is 0. The minimum absolute atomic E-state index is 0.0530. The molecule has 2 aliphatic heterocycles. The van der Waals surface area contributed by atoms with Crippen molar-refractivity contribution in [2.24, 2.45) is 0 Å². The molecule has 3 N–H and O–H groups in total. The maximum atomic E-state index is 12.3. The quantitative estimate of drug-likeness (QED) is 0.771. The number of nitrogens with one attached hydrogen (secondary N) is 2. The highest BCUT2D eigenvalue weighted by atomic mass is 16.3. The van der Waals surface area contributed by atoms with E-state index in [1.807, 2.05) is 30.3 Å². The molecule has 2 heterocycles. The Bertz CT molecular complexity index is 508. The standard InChI is InChI=1S/C18H27N3O2/c22-13-15(12-14-6-2-1-3-7-14)19-18(23)20-16-9-11-21-10-5-4-8-17(16)21/h1-3,6-7,15-17,22H,4-5,8-13H2,(H2,19,20,23). The number of carbonyl (C=O) groups excluding carboxylic acids is 1. The van der Waals surface area contributed by atoms with Crippen LogP contribution in [0.5, 0.6) is 0 Å². The zero-order valence-electron chi connectivity index (χ0n) is 13.6. The molecule has 0 radical (unpaired) electrons. The average Bonchev–Trinajstić information content (AvgIpc) is 2.98. The van der Waals surface area contributed by atoms with Gasteiger partial charge in [-0.15, -0.1) is 0 Å². The molecule has 0 saturated carbocycles. The lowest BCUT2D eigenvalue weighted by molar-refractivity contribution is 0.176. The van der Waals surface area contributed by atoms with Gasteiger partial charge in [-0.3, -0.25) is 4.90 Å². The van der Waals surface area contributed by atoms with E-state index in [-0.39, 0.29) is 24.7 Å². The summed E-state index contributed by atoms with van der Waals surface area (Å²) in [5.41, 5.74) is 1.12. The Balaban J connectivity index is 1.49. The summed E-state index contributed by atoms with van der Waals surface area (Å²) < 4.78 is 0. The van der Waals surface area contributed by atoms with Gasteiger partial charge in [0.05, 0.1) is 12.6 Å². The molecular formula is C18H27N3O2. The van der Waals surface area contributed by atoms with Gasteiger partial charge in [-0.1, -0.05) is 36.8 Å². The van der Waals surface area contributed by atoms with Crippen LogP contribution in [0.25, 0.3) is 0 Å². The molecule has 126 valence electrons. The normalized spacial score (nSPS) is 25.6.